The van der Waals surface area contributed by atoms with Gasteiger partial charge in [0.1, 0.15) is 0 Å². The quantitative estimate of drug-likeness (QED) is 0.641. The van der Waals surface area contributed by atoms with Gasteiger partial charge in [-0.2, -0.15) is 0 Å². The summed E-state index contributed by atoms with van der Waals surface area (Å²) in [7, 11) is -7.09. The predicted molar refractivity (Wildman–Crippen MR) is 121 cm³/mol. The van der Waals surface area contributed by atoms with E-state index in [1.54, 1.807) is 38.1 Å². The van der Waals surface area contributed by atoms with Gasteiger partial charge in [-0.15, -0.1) is 0 Å². The number of benzene rings is 2. The minimum Gasteiger partial charge on any atom is -0.212 e. The maximum atomic E-state index is 13.0. The molecular weight excluding hydrogens is 420 g/mol. The van der Waals surface area contributed by atoms with Crippen molar-refractivity contribution in [2.45, 2.75) is 71.7 Å². The molecule has 0 saturated heterocycles. The molecule has 0 aliphatic carbocycles. The van der Waals surface area contributed by atoms with Gasteiger partial charge in [0, 0.05) is 12.6 Å². The fraction of sp³-hybridized carbons (Fsp3) is 0.455. The van der Waals surface area contributed by atoms with E-state index >= 15 is 0 Å². The highest BCUT2D eigenvalue weighted by molar-refractivity contribution is 7.89. The van der Waals surface area contributed by atoms with Gasteiger partial charge in [-0.1, -0.05) is 24.3 Å². The Hall–Kier alpha value is -1.74. The lowest BCUT2D eigenvalue weighted by Crippen LogP contribution is -2.31. The molecule has 0 spiro atoms. The van der Waals surface area contributed by atoms with Gasteiger partial charge < -0.3 is 0 Å². The Bertz CT molecular complexity index is 1110. The lowest BCUT2D eigenvalue weighted by Gasteiger charge is -2.19. The maximum absolute atomic E-state index is 13.0. The minimum absolute atomic E-state index is 0.114. The summed E-state index contributed by atoms with van der Waals surface area (Å²) < 4.78 is 55.4. The van der Waals surface area contributed by atoms with E-state index in [0.717, 1.165) is 33.4 Å². The van der Waals surface area contributed by atoms with Gasteiger partial charge in [0.25, 0.3) is 0 Å². The van der Waals surface area contributed by atoms with Crippen LogP contribution in [0.2, 0.25) is 0 Å². The normalized spacial score (nSPS) is 12.5. The van der Waals surface area contributed by atoms with Crippen LogP contribution in [-0.4, -0.2) is 22.9 Å². The first kappa shape index (κ1) is 24.5. The molecule has 2 aromatic carbocycles. The Labute approximate surface area is 181 Å². The Morgan fingerprint density at radius 1 is 0.733 bits per heavy atom. The predicted octanol–water partition coefficient (Wildman–Crippen LogP) is 3.54. The molecule has 30 heavy (non-hydrogen) atoms. The molecule has 0 aliphatic rings. The molecule has 0 radical (unpaired) electrons. The number of sulfonamides is 2. The molecule has 0 heterocycles. The smallest absolute Gasteiger partial charge is 0.212 e. The van der Waals surface area contributed by atoms with Gasteiger partial charge in [0.05, 0.1) is 10.6 Å². The first-order valence-corrected chi connectivity index (χ1v) is 13.0. The molecule has 166 valence electrons. The average molecular weight is 453 g/mol. The van der Waals surface area contributed by atoms with Crippen molar-refractivity contribution in [2.24, 2.45) is 0 Å². The molecule has 0 unspecified atom stereocenters. The van der Waals surface area contributed by atoms with Gasteiger partial charge in [0.15, 0.2) is 0 Å². The van der Waals surface area contributed by atoms with Crippen LogP contribution in [-0.2, 0) is 32.3 Å². The molecule has 0 aliphatic heterocycles. The van der Waals surface area contributed by atoms with Crippen LogP contribution in [0.4, 0.5) is 0 Å². The highest BCUT2D eigenvalue weighted by Crippen LogP contribution is 2.29. The Morgan fingerprint density at radius 2 is 1.17 bits per heavy atom. The summed E-state index contributed by atoms with van der Waals surface area (Å²) in [6.07, 6.45) is 0. The second kappa shape index (κ2) is 9.18. The van der Waals surface area contributed by atoms with Gasteiger partial charge in [-0.25, -0.2) is 26.3 Å². The molecule has 2 N–H and O–H groups in total. The SMILES string of the molecule is Cc1c(C)c(C)c(S(=O)(=O)NCc2ccc(CS(=O)(=O)NC(C)C)cc2)c(C)c1C. The summed E-state index contributed by atoms with van der Waals surface area (Å²) in [5, 5.41) is 0. The molecule has 8 heteroatoms. The zero-order valence-corrected chi connectivity index (χ0v) is 20.4. The zero-order chi connectivity index (χ0) is 22.9. The van der Waals surface area contributed by atoms with E-state index in [2.05, 4.69) is 9.44 Å². The van der Waals surface area contributed by atoms with Crippen LogP contribution in [0.1, 0.15) is 52.8 Å². The van der Waals surface area contributed by atoms with Gasteiger partial charge >= 0.3 is 0 Å². The minimum atomic E-state index is -3.69. The van der Waals surface area contributed by atoms with Crippen molar-refractivity contribution < 1.29 is 16.8 Å². The summed E-state index contributed by atoms with van der Waals surface area (Å²) in [5.41, 5.74) is 6.01. The standard InChI is InChI=1S/C22H32N2O4S2/c1-14(2)24-29(25,26)13-21-10-8-20(9-11-21)12-23-30(27,28)22-18(6)16(4)15(3)17(5)19(22)7/h8-11,14,23-24H,12-13H2,1-7H3. The van der Waals surface area contributed by atoms with E-state index in [0.29, 0.717) is 10.5 Å². The molecular formula is C22H32N2O4S2. The van der Waals surface area contributed by atoms with Crippen molar-refractivity contribution in [3.8, 4) is 0 Å². The van der Waals surface area contributed by atoms with Crippen LogP contribution in [0.25, 0.3) is 0 Å². The molecule has 0 aromatic heterocycles. The Morgan fingerprint density at radius 3 is 1.63 bits per heavy atom. The van der Waals surface area contributed by atoms with Crippen LogP contribution < -0.4 is 9.44 Å². The largest absolute Gasteiger partial charge is 0.241 e. The third-order valence-corrected chi connectivity index (χ3v) is 8.68. The summed E-state index contributed by atoms with van der Waals surface area (Å²) in [6, 6.07) is 6.74. The van der Waals surface area contributed by atoms with Crippen molar-refractivity contribution >= 4 is 20.0 Å². The molecule has 0 bridgehead atoms. The Kier molecular flexibility index (Phi) is 7.50. The molecule has 2 aromatic rings. The van der Waals surface area contributed by atoms with Crippen molar-refractivity contribution in [1.82, 2.24) is 9.44 Å². The van der Waals surface area contributed by atoms with Crippen molar-refractivity contribution in [3.05, 3.63) is 63.2 Å². The van der Waals surface area contributed by atoms with Crippen LogP contribution in [0.3, 0.4) is 0 Å². The van der Waals surface area contributed by atoms with Crippen LogP contribution in [0.5, 0.6) is 0 Å². The molecule has 0 atom stereocenters. The van der Waals surface area contributed by atoms with E-state index in [1.807, 2.05) is 34.6 Å². The van der Waals surface area contributed by atoms with Gasteiger partial charge in [-0.3, -0.25) is 0 Å². The van der Waals surface area contributed by atoms with Crippen molar-refractivity contribution in [3.63, 3.8) is 0 Å². The van der Waals surface area contributed by atoms with Crippen LogP contribution >= 0.6 is 0 Å². The second-order valence-electron chi connectivity index (χ2n) is 8.13. The van der Waals surface area contributed by atoms with Crippen LogP contribution in [0.15, 0.2) is 29.2 Å². The summed E-state index contributed by atoms with van der Waals surface area (Å²) in [5.74, 6) is -0.114. The van der Waals surface area contributed by atoms with Gasteiger partial charge in [-0.05, 0) is 87.4 Å². The third kappa shape index (κ3) is 5.69. The highest BCUT2D eigenvalue weighted by atomic mass is 32.2. The molecule has 6 nitrogen and oxygen atoms in total. The summed E-state index contributed by atoms with van der Waals surface area (Å²) in [4.78, 5) is 0.338. The lowest BCUT2D eigenvalue weighted by molar-refractivity contribution is 0.569. The fourth-order valence-electron chi connectivity index (χ4n) is 3.49. The second-order valence-corrected chi connectivity index (χ2v) is 11.6. The number of hydrogen-bond acceptors (Lipinski definition) is 4. The summed E-state index contributed by atoms with van der Waals surface area (Å²) in [6.45, 7) is 13.2. The highest BCUT2D eigenvalue weighted by Gasteiger charge is 2.23. The molecule has 0 saturated carbocycles. The first-order valence-electron chi connectivity index (χ1n) is 9.89. The number of rotatable bonds is 8. The van der Waals surface area contributed by atoms with E-state index in [-0.39, 0.29) is 18.3 Å². The zero-order valence-electron chi connectivity index (χ0n) is 18.8. The molecule has 0 amide bonds. The topological polar surface area (TPSA) is 92.3 Å². The third-order valence-electron chi connectivity index (χ3n) is 5.46. The fourth-order valence-corrected chi connectivity index (χ4v) is 6.54. The number of nitrogens with one attached hydrogen (secondary N) is 2. The average Bonchev–Trinajstić information content (AvgIpc) is 2.63. The molecule has 0 fully saturated rings. The van der Waals surface area contributed by atoms with Crippen molar-refractivity contribution in [2.75, 3.05) is 0 Å². The first-order chi connectivity index (χ1) is 13.7. The van der Waals surface area contributed by atoms with E-state index in [9.17, 15) is 16.8 Å². The van der Waals surface area contributed by atoms with Crippen LogP contribution in [0, 0.1) is 34.6 Å². The monoisotopic (exact) mass is 452 g/mol. The summed E-state index contributed by atoms with van der Waals surface area (Å²) >= 11 is 0. The Balaban J connectivity index is 2.18. The maximum Gasteiger partial charge on any atom is 0.241 e. The van der Waals surface area contributed by atoms with E-state index in [1.165, 1.54) is 0 Å². The van der Waals surface area contributed by atoms with Crippen molar-refractivity contribution in [1.29, 1.82) is 0 Å². The lowest BCUT2D eigenvalue weighted by atomic mass is 9.95. The van der Waals surface area contributed by atoms with E-state index in [4.69, 9.17) is 0 Å². The molecule has 2 rings (SSSR count). The number of hydrogen-bond donors (Lipinski definition) is 2. The van der Waals surface area contributed by atoms with E-state index < -0.39 is 20.0 Å². The van der Waals surface area contributed by atoms with Gasteiger partial charge in [0.2, 0.25) is 20.0 Å².